The Balaban J connectivity index is 1.33. The Bertz CT molecular complexity index is 1330. The van der Waals surface area contributed by atoms with Crippen molar-refractivity contribution in [1.82, 2.24) is 10.3 Å². The van der Waals surface area contributed by atoms with E-state index in [0.29, 0.717) is 27.5 Å². The number of hydrogen-bond acceptors (Lipinski definition) is 7. The number of nitrogens with one attached hydrogen (secondary N) is 2. The van der Waals surface area contributed by atoms with E-state index in [1.54, 1.807) is 25.3 Å². The van der Waals surface area contributed by atoms with E-state index in [9.17, 15) is 20.0 Å². The third kappa shape index (κ3) is 7.30. The SMILES string of the molecule is CSc1cc(C#N)cc(C)c1C(=O)NC(Cc1ccc(N2CCC(CNc3ccccn3)CC2)cc1)C(=O)O. The third-order valence-corrected chi connectivity index (χ3v) is 7.83. The molecular weight excluding hydrogens is 510 g/mol. The predicted octanol–water partition coefficient (Wildman–Crippen LogP) is 4.74. The van der Waals surface area contributed by atoms with Gasteiger partial charge in [0.05, 0.1) is 17.2 Å². The van der Waals surface area contributed by atoms with Crippen molar-refractivity contribution in [2.24, 2.45) is 5.92 Å². The molecule has 2 heterocycles. The second kappa shape index (κ2) is 13.2. The van der Waals surface area contributed by atoms with Crippen LogP contribution in [0.5, 0.6) is 0 Å². The molecule has 1 amide bonds. The average Bonchev–Trinajstić information content (AvgIpc) is 2.96. The first kappa shape index (κ1) is 28.0. The summed E-state index contributed by atoms with van der Waals surface area (Å²) in [5, 5.41) is 25.2. The molecule has 202 valence electrons. The van der Waals surface area contributed by atoms with Gasteiger partial charge in [0.15, 0.2) is 0 Å². The number of carbonyl (C=O) groups excluding carboxylic acids is 1. The topological polar surface area (TPSA) is 118 Å². The number of piperidine rings is 1. The van der Waals surface area contributed by atoms with Crippen LogP contribution >= 0.6 is 11.8 Å². The Labute approximate surface area is 233 Å². The number of benzene rings is 2. The molecule has 1 aliphatic heterocycles. The van der Waals surface area contributed by atoms with Crippen molar-refractivity contribution < 1.29 is 14.7 Å². The molecule has 3 aromatic rings. The number of aryl methyl sites for hydroxylation is 1. The molecule has 4 rings (SSSR count). The number of hydrogen-bond donors (Lipinski definition) is 3. The molecule has 0 aliphatic carbocycles. The van der Waals surface area contributed by atoms with E-state index in [0.717, 1.165) is 49.5 Å². The van der Waals surface area contributed by atoms with Crippen molar-refractivity contribution in [3.05, 3.63) is 83.0 Å². The van der Waals surface area contributed by atoms with Crippen LogP contribution in [0.4, 0.5) is 11.5 Å². The van der Waals surface area contributed by atoms with Gasteiger partial charge in [-0.2, -0.15) is 5.26 Å². The van der Waals surface area contributed by atoms with Gasteiger partial charge in [-0.05, 0) is 79.5 Å². The van der Waals surface area contributed by atoms with Gasteiger partial charge in [0.2, 0.25) is 0 Å². The number of amides is 1. The first-order valence-electron chi connectivity index (χ1n) is 13.0. The first-order valence-corrected chi connectivity index (χ1v) is 14.2. The van der Waals surface area contributed by atoms with Gasteiger partial charge in [-0.3, -0.25) is 4.79 Å². The molecule has 0 saturated carbocycles. The molecule has 1 saturated heterocycles. The van der Waals surface area contributed by atoms with Crippen LogP contribution in [0.3, 0.4) is 0 Å². The average molecular weight is 544 g/mol. The largest absolute Gasteiger partial charge is 0.480 e. The zero-order valence-electron chi connectivity index (χ0n) is 22.2. The van der Waals surface area contributed by atoms with Crippen molar-refractivity contribution in [2.45, 2.75) is 37.1 Å². The van der Waals surface area contributed by atoms with Gasteiger partial charge in [0, 0.05) is 42.8 Å². The lowest BCUT2D eigenvalue weighted by molar-refractivity contribution is -0.139. The molecule has 8 nitrogen and oxygen atoms in total. The number of aliphatic carboxylic acids is 1. The summed E-state index contributed by atoms with van der Waals surface area (Å²) in [6.07, 6.45) is 5.96. The summed E-state index contributed by atoms with van der Waals surface area (Å²) < 4.78 is 0. The fourth-order valence-electron chi connectivity index (χ4n) is 4.89. The van der Waals surface area contributed by atoms with E-state index in [-0.39, 0.29) is 6.42 Å². The van der Waals surface area contributed by atoms with Crippen LogP contribution in [-0.4, -0.2) is 53.9 Å². The van der Waals surface area contributed by atoms with Crippen LogP contribution in [-0.2, 0) is 11.2 Å². The lowest BCUT2D eigenvalue weighted by Gasteiger charge is -2.34. The fourth-order valence-corrected chi connectivity index (χ4v) is 5.59. The van der Waals surface area contributed by atoms with Crippen LogP contribution in [0.1, 0.15) is 39.9 Å². The van der Waals surface area contributed by atoms with Gasteiger partial charge in [0.1, 0.15) is 11.9 Å². The summed E-state index contributed by atoms with van der Waals surface area (Å²) in [5.41, 5.74) is 3.46. The van der Waals surface area contributed by atoms with Gasteiger partial charge >= 0.3 is 5.97 Å². The predicted molar refractivity (Wildman–Crippen MR) is 154 cm³/mol. The quantitative estimate of drug-likeness (QED) is 0.314. The van der Waals surface area contributed by atoms with E-state index in [1.807, 2.05) is 48.7 Å². The number of nitriles is 1. The summed E-state index contributed by atoms with van der Waals surface area (Å²) in [6, 6.07) is 18.1. The maximum absolute atomic E-state index is 13.1. The molecule has 1 unspecified atom stereocenters. The molecule has 0 radical (unpaired) electrons. The number of rotatable bonds is 10. The van der Waals surface area contributed by atoms with Crippen LogP contribution < -0.4 is 15.5 Å². The molecule has 9 heteroatoms. The van der Waals surface area contributed by atoms with Crippen molar-refractivity contribution in [1.29, 1.82) is 5.26 Å². The summed E-state index contributed by atoms with van der Waals surface area (Å²) in [5.74, 6) is -0.0477. The molecule has 1 aliphatic rings. The summed E-state index contributed by atoms with van der Waals surface area (Å²) >= 11 is 1.35. The molecule has 1 atom stereocenters. The standard InChI is InChI=1S/C30H33N5O3S/c1-20-15-23(18-31)17-26(39-2)28(20)29(36)34-25(30(37)38)16-21-6-8-24(9-7-21)35-13-10-22(11-14-35)19-33-27-5-3-4-12-32-27/h3-9,12,15,17,22,25H,10-11,13-14,16,19H2,1-2H3,(H,32,33)(H,34,36)(H,37,38). The Morgan fingerprint density at radius 2 is 1.92 bits per heavy atom. The third-order valence-electron chi connectivity index (χ3n) is 7.07. The summed E-state index contributed by atoms with van der Waals surface area (Å²) in [7, 11) is 0. The maximum atomic E-state index is 13.1. The highest BCUT2D eigenvalue weighted by molar-refractivity contribution is 7.98. The highest BCUT2D eigenvalue weighted by Crippen LogP contribution is 2.26. The van der Waals surface area contributed by atoms with Crippen molar-refractivity contribution in [3.63, 3.8) is 0 Å². The van der Waals surface area contributed by atoms with Crippen LogP contribution in [0.25, 0.3) is 0 Å². The number of carbonyl (C=O) groups is 2. The van der Waals surface area contributed by atoms with Gasteiger partial charge in [-0.1, -0.05) is 18.2 Å². The maximum Gasteiger partial charge on any atom is 0.326 e. The minimum atomic E-state index is -1.09. The molecule has 0 spiro atoms. The number of nitrogens with zero attached hydrogens (tertiary/aromatic N) is 3. The Kier molecular flexibility index (Phi) is 9.45. The molecule has 3 N–H and O–H groups in total. The molecule has 1 fully saturated rings. The summed E-state index contributed by atoms with van der Waals surface area (Å²) in [6.45, 7) is 4.59. The fraction of sp³-hybridized carbons (Fsp3) is 0.333. The first-order chi connectivity index (χ1) is 18.9. The molecule has 2 aromatic carbocycles. The second-order valence-electron chi connectivity index (χ2n) is 9.74. The zero-order chi connectivity index (χ0) is 27.8. The van der Waals surface area contributed by atoms with E-state index >= 15 is 0 Å². The van der Waals surface area contributed by atoms with E-state index in [4.69, 9.17) is 0 Å². The number of aromatic nitrogens is 1. The Hall–Kier alpha value is -4.03. The minimum absolute atomic E-state index is 0.173. The molecule has 0 bridgehead atoms. The van der Waals surface area contributed by atoms with E-state index in [1.165, 1.54) is 11.8 Å². The minimum Gasteiger partial charge on any atom is -0.480 e. The lowest BCUT2D eigenvalue weighted by atomic mass is 9.96. The highest BCUT2D eigenvalue weighted by atomic mass is 32.2. The number of carboxylic acids is 1. The smallest absolute Gasteiger partial charge is 0.326 e. The number of carboxylic acid groups (broad SMARTS) is 1. The van der Waals surface area contributed by atoms with Gasteiger partial charge < -0.3 is 20.6 Å². The number of thioether (sulfide) groups is 1. The van der Waals surface area contributed by atoms with Gasteiger partial charge in [0.25, 0.3) is 5.91 Å². The van der Waals surface area contributed by atoms with E-state index in [2.05, 4.69) is 26.6 Å². The van der Waals surface area contributed by atoms with E-state index < -0.39 is 17.9 Å². The van der Waals surface area contributed by atoms with Crippen molar-refractivity contribution >= 4 is 35.1 Å². The van der Waals surface area contributed by atoms with Crippen LogP contribution in [0, 0.1) is 24.2 Å². The zero-order valence-corrected chi connectivity index (χ0v) is 23.0. The number of anilines is 2. The monoisotopic (exact) mass is 543 g/mol. The van der Waals surface area contributed by atoms with Crippen molar-refractivity contribution in [2.75, 3.05) is 36.1 Å². The van der Waals surface area contributed by atoms with Crippen LogP contribution in [0.15, 0.2) is 65.7 Å². The van der Waals surface area contributed by atoms with Crippen LogP contribution in [0.2, 0.25) is 0 Å². The molecule has 39 heavy (non-hydrogen) atoms. The molecular formula is C30H33N5O3S. The van der Waals surface area contributed by atoms with Gasteiger partial charge in [-0.25, -0.2) is 9.78 Å². The molecule has 1 aromatic heterocycles. The van der Waals surface area contributed by atoms with Gasteiger partial charge in [-0.15, -0.1) is 11.8 Å². The second-order valence-corrected chi connectivity index (χ2v) is 10.6. The number of pyridine rings is 1. The highest BCUT2D eigenvalue weighted by Gasteiger charge is 2.25. The Morgan fingerprint density at radius 1 is 1.18 bits per heavy atom. The lowest BCUT2D eigenvalue weighted by Crippen LogP contribution is -2.42. The Morgan fingerprint density at radius 3 is 2.54 bits per heavy atom. The normalized spacial score (nSPS) is 14.3. The van der Waals surface area contributed by atoms with Crippen molar-refractivity contribution in [3.8, 4) is 6.07 Å². The summed E-state index contributed by atoms with van der Waals surface area (Å²) in [4.78, 5) is 32.4.